The topological polar surface area (TPSA) is 65.0 Å². The zero-order chi connectivity index (χ0) is 16.4. The maximum atomic E-state index is 12.6. The summed E-state index contributed by atoms with van der Waals surface area (Å²) < 4.78 is 16.0. The van der Waals surface area contributed by atoms with Crippen LogP contribution < -0.4 is 14.2 Å². The highest BCUT2D eigenvalue weighted by atomic mass is 16.5. The molecule has 0 saturated heterocycles. The fourth-order valence-electron chi connectivity index (χ4n) is 2.75. The Kier molecular flexibility index (Phi) is 3.96. The first-order valence-corrected chi connectivity index (χ1v) is 7.27. The molecule has 0 bridgehead atoms. The average Bonchev–Trinajstić information content (AvgIpc) is 2.58. The molecule has 1 atom stereocenters. The SMILES string of the molecule is COc1ccc(C[C@]2(O)COc3ccccc3C2=O)cc1OC. The van der Waals surface area contributed by atoms with Gasteiger partial charge >= 0.3 is 0 Å². The van der Waals surface area contributed by atoms with Gasteiger partial charge < -0.3 is 19.3 Å². The van der Waals surface area contributed by atoms with Gasteiger partial charge in [0.15, 0.2) is 17.1 Å². The van der Waals surface area contributed by atoms with Crippen molar-refractivity contribution < 1.29 is 24.1 Å². The Labute approximate surface area is 134 Å². The molecule has 0 aromatic heterocycles. The van der Waals surface area contributed by atoms with E-state index in [1.54, 1.807) is 56.7 Å². The first-order chi connectivity index (χ1) is 11.1. The van der Waals surface area contributed by atoms with Gasteiger partial charge in [0.2, 0.25) is 5.78 Å². The van der Waals surface area contributed by atoms with Crippen LogP contribution in [0.1, 0.15) is 15.9 Å². The number of benzene rings is 2. The molecule has 5 nitrogen and oxygen atoms in total. The van der Waals surface area contributed by atoms with E-state index in [2.05, 4.69) is 0 Å². The first-order valence-electron chi connectivity index (χ1n) is 7.27. The highest BCUT2D eigenvalue weighted by molar-refractivity contribution is 6.05. The van der Waals surface area contributed by atoms with E-state index in [0.29, 0.717) is 22.8 Å². The van der Waals surface area contributed by atoms with Crippen molar-refractivity contribution >= 4 is 5.78 Å². The third-order valence-corrected chi connectivity index (χ3v) is 3.97. The average molecular weight is 314 g/mol. The smallest absolute Gasteiger partial charge is 0.201 e. The Balaban J connectivity index is 1.89. The Bertz CT molecular complexity index is 740. The zero-order valence-electron chi connectivity index (χ0n) is 13.0. The lowest BCUT2D eigenvalue weighted by molar-refractivity contribution is -0.00195. The number of hydrogen-bond donors (Lipinski definition) is 1. The van der Waals surface area contributed by atoms with Gasteiger partial charge in [-0.2, -0.15) is 0 Å². The predicted molar refractivity (Wildman–Crippen MR) is 84.5 cm³/mol. The van der Waals surface area contributed by atoms with Crippen LogP contribution >= 0.6 is 0 Å². The van der Waals surface area contributed by atoms with Crippen LogP contribution in [-0.4, -0.2) is 37.3 Å². The van der Waals surface area contributed by atoms with E-state index in [1.165, 1.54) is 0 Å². The van der Waals surface area contributed by atoms with Crippen molar-refractivity contribution in [1.82, 2.24) is 0 Å². The van der Waals surface area contributed by atoms with E-state index in [0.717, 1.165) is 5.56 Å². The van der Waals surface area contributed by atoms with Crippen LogP contribution in [0.2, 0.25) is 0 Å². The molecule has 1 heterocycles. The molecule has 0 aliphatic carbocycles. The van der Waals surface area contributed by atoms with Crippen molar-refractivity contribution in [2.45, 2.75) is 12.0 Å². The lowest BCUT2D eigenvalue weighted by Gasteiger charge is -2.32. The monoisotopic (exact) mass is 314 g/mol. The van der Waals surface area contributed by atoms with Gasteiger partial charge in [-0.3, -0.25) is 4.79 Å². The van der Waals surface area contributed by atoms with Crippen molar-refractivity contribution in [3.05, 3.63) is 53.6 Å². The highest BCUT2D eigenvalue weighted by Gasteiger charge is 2.42. The Morgan fingerprint density at radius 3 is 2.61 bits per heavy atom. The molecular formula is C18H18O5. The second-order valence-electron chi connectivity index (χ2n) is 5.51. The summed E-state index contributed by atoms with van der Waals surface area (Å²) in [6.07, 6.45) is 0.139. The molecule has 23 heavy (non-hydrogen) atoms. The number of carbonyl (C=O) groups is 1. The molecule has 0 saturated carbocycles. The van der Waals surface area contributed by atoms with E-state index >= 15 is 0 Å². The predicted octanol–water partition coefficient (Wildman–Crippen LogP) is 2.25. The van der Waals surface area contributed by atoms with Gasteiger partial charge in [0.25, 0.3) is 0 Å². The normalized spacial score (nSPS) is 19.7. The summed E-state index contributed by atoms with van der Waals surface area (Å²) in [5.41, 5.74) is -0.420. The molecule has 5 heteroatoms. The summed E-state index contributed by atoms with van der Waals surface area (Å²) in [4.78, 5) is 12.6. The summed E-state index contributed by atoms with van der Waals surface area (Å²) in [7, 11) is 3.10. The van der Waals surface area contributed by atoms with E-state index in [9.17, 15) is 9.90 Å². The molecule has 0 radical (unpaired) electrons. The summed E-state index contributed by atoms with van der Waals surface area (Å²) in [5.74, 6) is 1.33. The largest absolute Gasteiger partial charge is 0.493 e. The van der Waals surface area contributed by atoms with Crippen LogP contribution in [0.5, 0.6) is 17.2 Å². The van der Waals surface area contributed by atoms with Crippen molar-refractivity contribution in [3.8, 4) is 17.2 Å². The molecule has 120 valence electrons. The van der Waals surface area contributed by atoms with E-state index in [1.807, 2.05) is 0 Å². The van der Waals surface area contributed by atoms with Crippen LogP contribution in [0.25, 0.3) is 0 Å². The van der Waals surface area contributed by atoms with Gasteiger partial charge in [-0.15, -0.1) is 0 Å². The van der Waals surface area contributed by atoms with Crippen molar-refractivity contribution in [3.63, 3.8) is 0 Å². The van der Waals surface area contributed by atoms with Gasteiger partial charge in [-0.25, -0.2) is 0 Å². The molecule has 0 unspecified atom stereocenters. The molecular weight excluding hydrogens is 296 g/mol. The summed E-state index contributed by atoms with van der Waals surface area (Å²) in [6, 6.07) is 12.2. The van der Waals surface area contributed by atoms with Crippen molar-refractivity contribution in [2.24, 2.45) is 0 Å². The lowest BCUT2D eigenvalue weighted by atomic mass is 9.85. The van der Waals surface area contributed by atoms with Gasteiger partial charge in [0.1, 0.15) is 12.4 Å². The van der Waals surface area contributed by atoms with E-state index in [4.69, 9.17) is 14.2 Å². The molecule has 2 aromatic rings. The number of fused-ring (bicyclic) bond motifs is 1. The molecule has 0 fully saturated rings. The maximum absolute atomic E-state index is 12.6. The van der Waals surface area contributed by atoms with Crippen LogP contribution in [0, 0.1) is 0 Å². The molecule has 3 rings (SSSR count). The molecule has 1 N–H and O–H groups in total. The van der Waals surface area contributed by atoms with Crippen LogP contribution in [-0.2, 0) is 6.42 Å². The number of ketones is 1. The Hall–Kier alpha value is -2.53. The zero-order valence-corrected chi connectivity index (χ0v) is 13.0. The molecule has 0 amide bonds. The third-order valence-electron chi connectivity index (χ3n) is 3.97. The quantitative estimate of drug-likeness (QED) is 0.937. The second kappa shape index (κ2) is 5.93. The number of rotatable bonds is 4. The summed E-state index contributed by atoms with van der Waals surface area (Å²) in [6.45, 7) is -0.0722. The molecule has 0 spiro atoms. The first kappa shape index (κ1) is 15.4. The number of ether oxygens (including phenoxy) is 3. The van der Waals surface area contributed by atoms with Gasteiger partial charge in [0.05, 0.1) is 19.8 Å². The highest BCUT2D eigenvalue weighted by Crippen LogP contribution is 2.33. The number of Topliss-reactive ketones (excluding diaryl/α,β-unsaturated/α-hetero) is 1. The number of methoxy groups -OCH3 is 2. The maximum Gasteiger partial charge on any atom is 0.201 e. The van der Waals surface area contributed by atoms with Gasteiger partial charge in [-0.05, 0) is 29.8 Å². The number of para-hydroxylation sites is 1. The van der Waals surface area contributed by atoms with Gasteiger partial charge in [0, 0.05) is 6.42 Å². The summed E-state index contributed by atoms with van der Waals surface area (Å²) >= 11 is 0. The van der Waals surface area contributed by atoms with Gasteiger partial charge in [-0.1, -0.05) is 18.2 Å². The lowest BCUT2D eigenvalue weighted by Crippen LogP contribution is -2.49. The summed E-state index contributed by atoms with van der Waals surface area (Å²) in [5, 5.41) is 10.8. The minimum atomic E-state index is -1.59. The number of hydrogen-bond acceptors (Lipinski definition) is 5. The fraction of sp³-hybridized carbons (Fsp3) is 0.278. The standard InChI is InChI=1S/C18H18O5/c1-21-15-8-7-12(9-16(15)22-2)10-18(20)11-23-14-6-4-3-5-13(14)17(18)19/h3-9,20H,10-11H2,1-2H3/t18-/m0/s1. The van der Waals surface area contributed by atoms with Crippen molar-refractivity contribution in [2.75, 3.05) is 20.8 Å². The minimum absolute atomic E-state index is 0.0722. The second-order valence-corrected chi connectivity index (χ2v) is 5.51. The van der Waals surface area contributed by atoms with Crippen LogP contribution in [0.15, 0.2) is 42.5 Å². The fourth-order valence-corrected chi connectivity index (χ4v) is 2.75. The van der Waals surface area contributed by atoms with E-state index < -0.39 is 5.60 Å². The molecule has 1 aliphatic heterocycles. The van der Waals surface area contributed by atoms with Crippen molar-refractivity contribution in [1.29, 1.82) is 0 Å². The molecule has 2 aromatic carbocycles. The Morgan fingerprint density at radius 2 is 1.87 bits per heavy atom. The molecule has 1 aliphatic rings. The van der Waals surface area contributed by atoms with E-state index in [-0.39, 0.29) is 18.8 Å². The number of aliphatic hydroxyl groups is 1. The third kappa shape index (κ3) is 2.75. The van der Waals surface area contributed by atoms with Crippen LogP contribution in [0.3, 0.4) is 0 Å². The Morgan fingerprint density at radius 1 is 1.13 bits per heavy atom. The number of carbonyl (C=O) groups excluding carboxylic acids is 1. The van der Waals surface area contributed by atoms with Crippen LogP contribution in [0.4, 0.5) is 0 Å². The minimum Gasteiger partial charge on any atom is -0.493 e.